The first-order valence-corrected chi connectivity index (χ1v) is 16.8. The van der Waals surface area contributed by atoms with Gasteiger partial charge in [-0.15, -0.1) is 0 Å². The van der Waals surface area contributed by atoms with E-state index in [1.807, 2.05) is 11.8 Å². The third-order valence-electron chi connectivity index (χ3n) is 10.7. The van der Waals surface area contributed by atoms with Gasteiger partial charge in [0.1, 0.15) is 0 Å². The van der Waals surface area contributed by atoms with Gasteiger partial charge in [-0.2, -0.15) is 0 Å². The molecule has 8 aromatic carbocycles. The van der Waals surface area contributed by atoms with Crippen molar-refractivity contribution in [2.24, 2.45) is 0 Å². The normalized spacial score (nSPS) is 16.3. The molecule has 11 rings (SSSR count). The van der Waals surface area contributed by atoms with Crippen LogP contribution < -0.4 is 0 Å². The molecular formula is C45H26S. The molecule has 0 saturated carbocycles. The van der Waals surface area contributed by atoms with E-state index >= 15 is 0 Å². The standard InChI is InChI=1S/C45H26S/c1-3-17-37-31(13-1)33-23-21-30(29-22-24-41-36(25-29)35-16-6-10-28-12-8-20-42(46-41)44(28)35)26-40(33)45(37)38-18-4-2-14-32(38)34-15-5-9-27-11-7-19-39(45)43(27)34/h1-26H. The lowest BCUT2D eigenvalue weighted by molar-refractivity contribution is 0.774. The van der Waals surface area contributed by atoms with E-state index in [1.165, 1.54) is 98.1 Å². The van der Waals surface area contributed by atoms with Crippen molar-refractivity contribution in [3.8, 4) is 44.5 Å². The Morgan fingerprint density at radius 3 is 1.65 bits per heavy atom. The molecule has 1 spiro atoms. The third-order valence-corrected chi connectivity index (χ3v) is 11.8. The van der Waals surface area contributed by atoms with Gasteiger partial charge in [0.15, 0.2) is 0 Å². The molecule has 212 valence electrons. The van der Waals surface area contributed by atoms with Crippen LogP contribution in [0, 0.1) is 0 Å². The predicted molar refractivity (Wildman–Crippen MR) is 193 cm³/mol. The van der Waals surface area contributed by atoms with Crippen molar-refractivity contribution in [1.29, 1.82) is 0 Å². The molecule has 0 saturated heterocycles. The van der Waals surface area contributed by atoms with Crippen molar-refractivity contribution in [1.82, 2.24) is 0 Å². The van der Waals surface area contributed by atoms with Crippen molar-refractivity contribution < 1.29 is 0 Å². The molecule has 8 aromatic rings. The summed E-state index contributed by atoms with van der Waals surface area (Å²) in [7, 11) is 0. The molecule has 1 atom stereocenters. The van der Waals surface area contributed by atoms with Crippen molar-refractivity contribution in [2.75, 3.05) is 0 Å². The number of fused-ring (bicyclic) bond motifs is 11. The first-order chi connectivity index (χ1) is 22.8. The molecule has 46 heavy (non-hydrogen) atoms. The van der Waals surface area contributed by atoms with Crippen molar-refractivity contribution in [3.05, 3.63) is 180 Å². The van der Waals surface area contributed by atoms with E-state index in [0.717, 1.165) is 0 Å². The van der Waals surface area contributed by atoms with Gasteiger partial charge in [-0.25, -0.2) is 0 Å². The maximum Gasteiger partial charge on any atom is 0.0725 e. The summed E-state index contributed by atoms with van der Waals surface area (Å²) in [6.07, 6.45) is 0. The molecule has 1 unspecified atom stereocenters. The minimum Gasteiger partial charge on any atom is -0.0888 e. The molecule has 1 heteroatoms. The van der Waals surface area contributed by atoms with Gasteiger partial charge < -0.3 is 0 Å². The summed E-state index contributed by atoms with van der Waals surface area (Å²) in [6, 6.07) is 59.6. The molecule has 0 aromatic heterocycles. The van der Waals surface area contributed by atoms with E-state index in [-0.39, 0.29) is 0 Å². The summed E-state index contributed by atoms with van der Waals surface area (Å²) in [5, 5.41) is 5.34. The highest BCUT2D eigenvalue weighted by Crippen LogP contribution is 2.62. The zero-order chi connectivity index (χ0) is 30.0. The molecule has 1 aliphatic heterocycles. The monoisotopic (exact) mass is 598 g/mol. The largest absolute Gasteiger partial charge is 0.0888 e. The van der Waals surface area contributed by atoms with Crippen LogP contribution in [0.4, 0.5) is 0 Å². The molecule has 0 nitrogen and oxygen atoms in total. The third kappa shape index (κ3) is 3.02. The highest BCUT2D eigenvalue weighted by molar-refractivity contribution is 7.99. The lowest BCUT2D eigenvalue weighted by atomic mass is 9.61. The second kappa shape index (κ2) is 8.88. The Morgan fingerprint density at radius 1 is 0.326 bits per heavy atom. The van der Waals surface area contributed by atoms with Crippen LogP contribution in [0.1, 0.15) is 22.3 Å². The summed E-state index contributed by atoms with van der Waals surface area (Å²) < 4.78 is 0. The van der Waals surface area contributed by atoms with E-state index < -0.39 is 5.41 Å². The number of benzene rings is 8. The molecule has 0 fully saturated rings. The minimum atomic E-state index is -0.402. The number of hydrogen-bond acceptors (Lipinski definition) is 1. The van der Waals surface area contributed by atoms with Gasteiger partial charge in [0.2, 0.25) is 0 Å². The summed E-state index contributed by atoms with van der Waals surface area (Å²) in [5.41, 5.74) is 15.6. The first kappa shape index (κ1) is 24.9. The lowest BCUT2D eigenvalue weighted by Crippen LogP contribution is -2.31. The van der Waals surface area contributed by atoms with E-state index in [2.05, 4.69) is 158 Å². The summed E-state index contributed by atoms with van der Waals surface area (Å²) in [6.45, 7) is 0. The van der Waals surface area contributed by atoms with Crippen LogP contribution >= 0.6 is 11.8 Å². The Labute approximate surface area is 272 Å². The van der Waals surface area contributed by atoms with Gasteiger partial charge in [-0.1, -0.05) is 145 Å². The van der Waals surface area contributed by atoms with E-state index in [9.17, 15) is 0 Å². The molecule has 3 aliphatic rings. The average Bonchev–Trinajstić information content (AvgIpc) is 3.41. The maximum absolute atomic E-state index is 2.51. The van der Waals surface area contributed by atoms with Gasteiger partial charge in [-0.3, -0.25) is 0 Å². The maximum atomic E-state index is 2.51. The fourth-order valence-corrected chi connectivity index (χ4v) is 9.98. The Bertz CT molecular complexity index is 2610. The fourth-order valence-electron chi connectivity index (χ4n) is 8.85. The van der Waals surface area contributed by atoms with Crippen molar-refractivity contribution in [3.63, 3.8) is 0 Å². The van der Waals surface area contributed by atoms with E-state index in [0.29, 0.717) is 0 Å². The van der Waals surface area contributed by atoms with E-state index in [4.69, 9.17) is 0 Å². The Hall–Kier alpha value is -5.37. The van der Waals surface area contributed by atoms with Crippen LogP contribution in [-0.2, 0) is 5.41 Å². The number of rotatable bonds is 1. The zero-order valence-electron chi connectivity index (χ0n) is 24.9. The Kier molecular flexibility index (Phi) is 4.80. The smallest absolute Gasteiger partial charge is 0.0725 e. The van der Waals surface area contributed by atoms with Crippen LogP contribution in [0.2, 0.25) is 0 Å². The van der Waals surface area contributed by atoms with Gasteiger partial charge in [0.05, 0.1) is 5.41 Å². The second-order valence-electron chi connectivity index (χ2n) is 12.8. The van der Waals surface area contributed by atoms with Gasteiger partial charge in [0.25, 0.3) is 0 Å². The molecular weight excluding hydrogens is 573 g/mol. The predicted octanol–water partition coefficient (Wildman–Crippen LogP) is 12.1. The summed E-state index contributed by atoms with van der Waals surface area (Å²) in [5.74, 6) is 0. The molecule has 0 amide bonds. The molecule has 0 radical (unpaired) electrons. The van der Waals surface area contributed by atoms with E-state index in [1.54, 1.807) is 0 Å². The molecule has 1 heterocycles. The molecule has 2 aliphatic carbocycles. The zero-order valence-corrected chi connectivity index (χ0v) is 25.7. The molecule has 0 N–H and O–H groups in total. The second-order valence-corrected chi connectivity index (χ2v) is 13.9. The topological polar surface area (TPSA) is 0 Å². The quantitative estimate of drug-likeness (QED) is 0.181. The van der Waals surface area contributed by atoms with Gasteiger partial charge in [-0.05, 0) is 107 Å². The number of hydrogen-bond donors (Lipinski definition) is 0. The van der Waals surface area contributed by atoms with Crippen LogP contribution in [0.3, 0.4) is 0 Å². The summed E-state index contributed by atoms with van der Waals surface area (Å²) in [4.78, 5) is 2.67. The van der Waals surface area contributed by atoms with Gasteiger partial charge in [0, 0.05) is 15.2 Å². The van der Waals surface area contributed by atoms with Crippen LogP contribution in [0.25, 0.3) is 66.1 Å². The van der Waals surface area contributed by atoms with Crippen molar-refractivity contribution in [2.45, 2.75) is 15.2 Å². The van der Waals surface area contributed by atoms with Crippen LogP contribution in [-0.4, -0.2) is 0 Å². The molecule has 0 bridgehead atoms. The van der Waals surface area contributed by atoms with Crippen LogP contribution in [0.5, 0.6) is 0 Å². The Balaban J connectivity index is 1.20. The lowest BCUT2D eigenvalue weighted by Gasteiger charge is -2.40. The highest BCUT2D eigenvalue weighted by atomic mass is 32.2. The average molecular weight is 599 g/mol. The highest BCUT2D eigenvalue weighted by Gasteiger charge is 2.50. The van der Waals surface area contributed by atoms with Gasteiger partial charge >= 0.3 is 0 Å². The fraction of sp³-hybridized carbons (Fsp3) is 0.0222. The van der Waals surface area contributed by atoms with Crippen LogP contribution in [0.15, 0.2) is 168 Å². The Morgan fingerprint density at radius 2 is 0.870 bits per heavy atom. The first-order valence-electron chi connectivity index (χ1n) is 16.0. The summed E-state index contributed by atoms with van der Waals surface area (Å²) >= 11 is 1.89. The minimum absolute atomic E-state index is 0.402. The van der Waals surface area contributed by atoms with Crippen molar-refractivity contribution >= 4 is 33.3 Å². The SMILES string of the molecule is c1ccc2c(c1)-c1ccc(-c3ccc4c(c3)-c3cccc5cccc(c35)S4)cc1C21c2ccccc2-c2cccc3cccc1c23.